The van der Waals surface area contributed by atoms with Crippen molar-refractivity contribution in [3.8, 4) is 28.0 Å². The number of benzene rings is 3. The van der Waals surface area contributed by atoms with Crippen molar-refractivity contribution >= 4 is 17.3 Å². The number of carbonyl (C=O) groups is 1. The minimum Gasteiger partial charge on any atom is -0.497 e. The smallest absolute Gasteiger partial charge is 0.471 e. The van der Waals surface area contributed by atoms with Crippen LogP contribution in [0, 0.1) is 10.1 Å². The van der Waals surface area contributed by atoms with Gasteiger partial charge in [0, 0.05) is 17.3 Å². The summed E-state index contributed by atoms with van der Waals surface area (Å²) >= 11 is 0. The average Bonchev–Trinajstić information content (AvgIpc) is 2.73. The molecule has 3 rings (SSSR count). The molecule has 0 aliphatic heterocycles. The molecule has 9 heteroatoms. The van der Waals surface area contributed by atoms with Gasteiger partial charge in [0.15, 0.2) is 0 Å². The largest absolute Gasteiger partial charge is 0.497 e. The first-order chi connectivity index (χ1) is 14.2. The molecule has 0 aliphatic carbocycles. The van der Waals surface area contributed by atoms with Crippen molar-refractivity contribution in [1.82, 2.24) is 0 Å². The summed E-state index contributed by atoms with van der Waals surface area (Å²) in [5.41, 5.74) is 1.29. The summed E-state index contributed by atoms with van der Waals surface area (Å²) in [4.78, 5) is 22.3. The lowest BCUT2D eigenvalue weighted by Crippen LogP contribution is -2.30. The second kappa shape index (κ2) is 8.24. The third-order valence-corrected chi connectivity index (χ3v) is 4.30. The van der Waals surface area contributed by atoms with E-state index < -0.39 is 17.0 Å². The highest BCUT2D eigenvalue weighted by Gasteiger charge is 2.39. The van der Waals surface area contributed by atoms with Crippen molar-refractivity contribution in [2.24, 2.45) is 0 Å². The van der Waals surface area contributed by atoms with Gasteiger partial charge < -0.3 is 10.1 Å². The van der Waals surface area contributed by atoms with Gasteiger partial charge in [-0.05, 0) is 41.5 Å². The van der Waals surface area contributed by atoms with Crippen molar-refractivity contribution in [2.45, 2.75) is 6.18 Å². The summed E-state index contributed by atoms with van der Waals surface area (Å²) in [6.45, 7) is 0. The van der Waals surface area contributed by atoms with Gasteiger partial charge in [-0.15, -0.1) is 0 Å². The Hall–Kier alpha value is -3.88. The van der Waals surface area contributed by atoms with E-state index >= 15 is 0 Å². The fourth-order valence-corrected chi connectivity index (χ4v) is 2.94. The van der Waals surface area contributed by atoms with Crippen LogP contribution in [0.1, 0.15) is 0 Å². The van der Waals surface area contributed by atoms with E-state index in [-0.39, 0.29) is 11.4 Å². The molecule has 0 saturated carbocycles. The number of anilines is 1. The average molecular weight is 416 g/mol. The Morgan fingerprint density at radius 1 is 0.967 bits per heavy atom. The Morgan fingerprint density at radius 2 is 1.53 bits per heavy atom. The molecule has 0 aliphatic rings. The van der Waals surface area contributed by atoms with E-state index in [0.29, 0.717) is 28.0 Å². The van der Waals surface area contributed by atoms with Crippen LogP contribution in [0.15, 0.2) is 66.7 Å². The number of methoxy groups -OCH3 is 1. The third-order valence-electron chi connectivity index (χ3n) is 4.30. The van der Waals surface area contributed by atoms with Crippen molar-refractivity contribution in [3.63, 3.8) is 0 Å². The molecule has 0 unspecified atom stereocenters. The second-order valence-corrected chi connectivity index (χ2v) is 6.22. The molecule has 154 valence electrons. The molecular weight excluding hydrogens is 401 g/mol. The minimum atomic E-state index is -5.04. The van der Waals surface area contributed by atoms with Crippen LogP contribution in [0.4, 0.5) is 24.5 Å². The number of nitro groups is 1. The number of nitrogens with zero attached hydrogens (tertiary/aromatic N) is 1. The van der Waals surface area contributed by atoms with E-state index in [0.717, 1.165) is 0 Å². The van der Waals surface area contributed by atoms with Gasteiger partial charge in [-0.25, -0.2) is 0 Å². The van der Waals surface area contributed by atoms with E-state index in [9.17, 15) is 28.1 Å². The summed E-state index contributed by atoms with van der Waals surface area (Å²) in [6, 6.07) is 16.8. The molecule has 1 amide bonds. The Bertz CT molecular complexity index is 1110. The lowest BCUT2D eigenvalue weighted by Gasteiger charge is -2.15. The Labute approximate surface area is 169 Å². The van der Waals surface area contributed by atoms with E-state index in [1.807, 2.05) is 5.32 Å². The maximum absolute atomic E-state index is 12.7. The molecule has 0 aromatic heterocycles. The molecule has 0 spiro atoms. The monoisotopic (exact) mass is 416 g/mol. The number of nitro benzene ring substituents is 1. The van der Waals surface area contributed by atoms with Gasteiger partial charge in [0.1, 0.15) is 5.75 Å². The lowest BCUT2D eigenvalue weighted by atomic mass is 9.96. The maximum atomic E-state index is 12.7. The number of hydrogen-bond donors (Lipinski definition) is 1. The molecule has 0 radical (unpaired) electrons. The zero-order chi connectivity index (χ0) is 21.9. The number of hydrogen-bond acceptors (Lipinski definition) is 4. The highest BCUT2D eigenvalue weighted by molar-refractivity contribution is 5.99. The van der Waals surface area contributed by atoms with E-state index in [2.05, 4.69) is 0 Å². The van der Waals surface area contributed by atoms with Crippen molar-refractivity contribution in [1.29, 1.82) is 0 Å². The lowest BCUT2D eigenvalue weighted by molar-refractivity contribution is -0.384. The molecule has 0 heterocycles. The molecule has 1 N–H and O–H groups in total. The highest BCUT2D eigenvalue weighted by atomic mass is 19.4. The molecule has 0 bridgehead atoms. The number of rotatable bonds is 5. The number of carbonyl (C=O) groups excluding carboxylic acids is 1. The summed E-state index contributed by atoms with van der Waals surface area (Å²) in [7, 11) is 1.40. The van der Waals surface area contributed by atoms with Crippen LogP contribution in [0.5, 0.6) is 5.75 Å². The second-order valence-electron chi connectivity index (χ2n) is 6.22. The van der Waals surface area contributed by atoms with Crippen LogP contribution >= 0.6 is 0 Å². The van der Waals surface area contributed by atoms with E-state index in [1.165, 1.54) is 37.4 Å². The van der Waals surface area contributed by atoms with Gasteiger partial charge in [0.05, 0.1) is 17.6 Å². The SMILES string of the molecule is COc1cc(-c2ccccc2NC(=O)C(F)(F)F)cc(-c2ccccc2[N+](=O)[O-])c1. The first-order valence-corrected chi connectivity index (χ1v) is 8.61. The first-order valence-electron chi connectivity index (χ1n) is 8.61. The summed E-state index contributed by atoms with van der Waals surface area (Å²) in [5, 5.41) is 13.3. The fourth-order valence-electron chi connectivity index (χ4n) is 2.94. The van der Waals surface area contributed by atoms with Crippen molar-refractivity contribution in [2.75, 3.05) is 12.4 Å². The van der Waals surface area contributed by atoms with E-state index in [1.54, 1.807) is 36.4 Å². The van der Waals surface area contributed by atoms with Crippen molar-refractivity contribution in [3.05, 3.63) is 76.8 Å². The zero-order valence-corrected chi connectivity index (χ0v) is 15.6. The number of nitrogens with one attached hydrogen (secondary N) is 1. The molecule has 0 atom stereocenters. The Balaban J connectivity index is 2.15. The van der Waals surface area contributed by atoms with Gasteiger partial charge in [-0.1, -0.05) is 30.3 Å². The summed E-state index contributed by atoms with van der Waals surface area (Å²) in [5.74, 6) is -1.76. The first kappa shape index (κ1) is 20.8. The third kappa shape index (κ3) is 4.40. The fraction of sp³-hybridized carbons (Fsp3) is 0.0952. The quantitative estimate of drug-likeness (QED) is 0.444. The Morgan fingerprint density at radius 3 is 2.13 bits per heavy atom. The standard InChI is InChI=1S/C21H15F3N2O4/c1-30-15-11-13(10-14(12-15)17-7-3-5-9-19(17)26(28)29)16-6-2-4-8-18(16)25-20(27)21(22,23)24/h2-12H,1H3,(H,25,27). The highest BCUT2D eigenvalue weighted by Crippen LogP contribution is 2.38. The van der Waals surface area contributed by atoms with Crippen molar-refractivity contribution < 1.29 is 27.6 Å². The number of halogens is 3. The number of para-hydroxylation sites is 2. The van der Waals surface area contributed by atoms with Crippen LogP contribution in [0.2, 0.25) is 0 Å². The van der Waals surface area contributed by atoms with Gasteiger partial charge in [-0.2, -0.15) is 13.2 Å². The van der Waals surface area contributed by atoms with Gasteiger partial charge in [-0.3, -0.25) is 14.9 Å². The van der Waals surface area contributed by atoms with Gasteiger partial charge in [0.2, 0.25) is 0 Å². The van der Waals surface area contributed by atoms with Crippen LogP contribution in [0.3, 0.4) is 0 Å². The normalized spacial score (nSPS) is 11.1. The topological polar surface area (TPSA) is 81.5 Å². The van der Waals surface area contributed by atoms with Crippen LogP contribution in [0.25, 0.3) is 22.3 Å². The summed E-state index contributed by atoms with van der Waals surface area (Å²) in [6.07, 6.45) is -5.04. The summed E-state index contributed by atoms with van der Waals surface area (Å²) < 4.78 is 43.4. The molecule has 6 nitrogen and oxygen atoms in total. The van der Waals surface area contributed by atoms with Crippen LogP contribution in [-0.2, 0) is 4.79 Å². The molecule has 3 aromatic carbocycles. The zero-order valence-electron chi connectivity index (χ0n) is 15.6. The molecule has 0 fully saturated rings. The Kier molecular flexibility index (Phi) is 5.72. The van der Waals surface area contributed by atoms with E-state index in [4.69, 9.17) is 4.74 Å². The number of alkyl halides is 3. The predicted molar refractivity (Wildman–Crippen MR) is 105 cm³/mol. The molecule has 30 heavy (non-hydrogen) atoms. The maximum Gasteiger partial charge on any atom is 0.471 e. The minimum absolute atomic E-state index is 0.0541. The number of ether oxygens (including phenoxy) is 1. The van der Waals surface area contributed by atoms with Crippen LogP contribution in [-0.4, -0.2) is 24.1 Å². The van der Waals surface area contributed by atoms with Gasteiger partial charge >= 0.3 is 12.1 Å². The molecule has 0 saturated heterocycles. The molecule has 3 aromatic rings. The number of amides is 1. The van der Waals surface area contributed by atoms with Gasteiger partial charge in [0.25, 0.3) is 5.69 Å². The predicted octanol–water partition coefficient (Wildman–Crippen LogP) is 5.44. The van der Waals surface area contributed by atoms with Crippen LogP contribution < -0.4 is 10.1 Å². The molecular formula is C21H15F3N2O4.